The Balaban J connectivity index is 1.79. The molecular formula is C20H30O9. The van der Waals surface area contributed by atoms with Crippen molar-refractivity contribution in [1.82, 2.24) is 0 Å². The number of aliphatic hydroxyl groups excluding tert-OH is 5. The maximum absolute atomic E-state index is 11.9. The first-order valence-corrected chi connectivity index (χ1v) is 9.74. The molecule has 0 amide bonds. The number of hydrogen-bond donors (Lipinski definition) is 5. The average Bonchev–Trinajstić information content (AvgIpc) is 3.02. The molecule has 0 aromatic carbocycles. The number of carbonyl (C=O) groups is 1. The second-order valence-electron chi connectivity index (χ2n) is 8.63. The predicted octanol–water partition coefficient (Wildman–Crippen LogP) is -0.849. The van der Waals surface area contributed by atoms with Gasteiger partial charge in [0.25, 0.3) is 0 Å². The van der Waals surface area contributed by atoms with Gasteiger partial charge in [0.05, 0.1) is 6.61 Å². The average molecular weight is 414 g/mol. The maximum Gasteiger partial charge on any atom is 0.187 e. The summed E-state index contributed by atoms with van der Waals surface area (Å²) in [5.41, 5.74) is -1.61. The lowest BCUT2D eigenvalue weighted by Gasteiger charge is -2.43. The number of fused-ring (bicyclic) bond motifs is 1. The molecule has 8 atom stereocenters. The highest BCUT2D eigenvalue weighted by Gasteiger charge is 2.55. The normalized spacial score (nSPS) is 42.8. The van der Waals surface area contributed by atoms with Crippen LogP contribution in [0, 0.1) is 5.41 Å². The molecule has 9 heteroatoms. The van der Waals surface area contributed by atoms with Gasteiger partial charge in [-0.25, -0.2) is 0 Å². The number of ether oxygens (including phenoxy) is 3. The van der Waals surface area contributed by atoms with Gasteiger partial charge in [0, 0.05) is 17.9 Å². The molecule has 0 spiro atoms. The smallest absolute Gasteiger partial charge is 0.187 e. The van der Waals surface area contributed by atoms with Crippen molar-refractivity contribution in [2.24, 2.45) is 5.41 Å². The number of allylic oxidation sites excluding steroid dienone is 2. The third-order valence-corrected chi connectivity index (χ3v) is 6.13. The van der Waals surface area contributed by atoms with E-state index in [9.17, 15) is 30.3 Å². The molecule has 0 radical (unpaired) electrons. The van der Waals surface area contributed by atoms with Gasteiger partial charge in [0.15, 0.2) is 12.1 Å². The highest BCUT2D eigenvalue weighted by atomic mass is 16.7. The van der Waals surface area contributed by atoms with Crippen LogP contribution in [0.1, 0.15) is 33.1 Å². The maximum atomic E-state index is 11.9. The van der Waals surface area contributed by atoms with Gasteiger partial charge in [-0.15, -0.1) is 6.58 Å². The van der Waals surface area contributed by atoms with E-state index in [1.54, 1.807) is 19.9 Å². The molecule has 29 heavy (non-hydrogen) atoms. The van der Waals surface area contributed by atoms with Gasteiger partial charge in [-0.2, -0.15) is 0 Å². The van der Waals surface area contributed by atoms with Crippen molar-refractivity contribution in [3.63, 3.8) is 0 Å². The molecule has 0 aromatic rings. The fraction of sp³-hybridized carbons (Fsp3) is 0.750. The molecule has 2 fully saturated rings. The van der Waals surface area contributed by atoms with Crippen molar-refractivity contribution in [2.45, 2.75) is 81.6 Å². The minimum Gasteiger partial charge on any atom is -0.491 e. The highest BCUT2D eigenvalue weighted by molar-refractivity contribution is 5.95. The quantitative estimate of drug-likeness (QED) is 0.351. The summed E-state index contributed by atoms with van der Waals surface area (Å²) in [6.45, 7) is 6.65. The summed E-state index contributed by atoms with van der Waals surface area (Å²) in [7, 11) is 0. The van der Waals surface area contributed by atoms with Crippen LogP contribution in [-0.4, -0.2) is 86.4 Å². The Morgan fingerprint density at radius 2 is 1.93 bits per heavy atom. The molecule has 0 aromatic heterocycles. The Kier molecular flexibility index (Phi) is 6.22. The highest BCUT2D eigenvalue weighted by Crippen LogP contribution is 2.53. The second-order valence-corrected chi connectivity index (χ2v) is 8.63. The van der Waals surface area contributed by atoms with E-state index in [4.69, 9.17) is 14.2 Å². The number of aliphatic hydroxyl groups is 5. The Labute approximate surface area is 169 Å². The van der Waals surface area contributed by atoms with E-state index in [1.807, 2.05) is 0 Å². The molecular weight excluding hydrogens is 384 g/mol. The fourth-order valence-electron chi connectivity index (χ4n) is 4.31. The summed E-state index contributed by atoms with van der Waals surface area (Å²) in [5.74, 6) is 0.0659. The molecule has 9 nitrogen and oxygen atoms in total. The largest absolute Gasteiger partial charge is 0.491 e. The van der Waals surface area contributed by atoms with Crippen LogP contribution in [0.3, 0.4) is 0 Å². The van der Waals surface area contributed by atoms with Crippen LogP contribution in [0.2, 0.25) is 0 Å². The summed E-state index contributed by atoms with van der Waals surface area (Å²) < 4.78 is 17.4. The van der Waals surface area contributed by atoms with Crippen molar-refractivity contribution in [3.05, 3.63) is 24.5 Å². The van der Waals surface area contributed by atoms with Gasteiger partial charge in [-0.3, -0.25) is 4.79 Å². The van der Waals surface area contributed by atoms with Crippen LogP contribution in [0.5, 0.6) is 0 Å². The van der Waals surface area contributed by atoms with E-state index in [0.29, 0.717) is 18.6 Å². The first-order chi connectivity index (χ1) is 13.5. The summed E-state index contributed by atoms with van der Waals surface area (Å²) in [4.78, 5) is 11.9. The SMILES string of the molecule is C=CCC12CC(O)C(=O)C=C1OC(C(C)(C)OC1OC(CO)C(O)C(O)C1O)C2. The topological polar surface area (TPSA) is 146 Å². The molecule has 3 aliphatic rings. The van der Waals surface area contributed by atoms with E-state index in [2.05, 4.69) is 6.58 Å². The fourth-order valence-corrected chi connectivity index (χ4v) is 4.31. The molecule has 2 heterocycles. The van der Waals surface area contributed by atoms with Gasteiger partial charge in [-0.05, 0) is 26.7 Å². The summed E-state index contributed by atoms with van der Waals surface area (Å²) >= 11 is 0. The standard InChI is InChI=1S/C20H30O9/c1-4-5-20-7-11(23)10(22)6-13(20)28-14(8-20)19(2,3)29-18-17(26)16(25)15(24)12(9-21)27-18/h4,6,11-12,14-18,21,23-26H,1,5,7-9H2,2-3H3. The van der Waals surface area contributed by atoms with Gasteiger partial charge >= 0.3 is 0 Å². The van der Waals surface area contributed by atoms with Crippen molar-refractivity contribution in [3.8, 4) is 0 Å². The molecule has 8 unspecified atom stereocenters. The van der Waals surface area contributed by atoms with Crippen LogP contribution in [0.25, 0.3) is 0 Å². The van der Waals surface area contributed by atoms with Crippen LogP contribution in [0.15, 0.2) is 24.5 Å². The van der Waals surface area contributed by atoms with Gasteiger partial charge in [-0.1, -0.05) is 6.08 Å². The molecule has 3 rings (SSSR count). The Morgan fingerprint density at radius 1 is 1.24 bits per heavy atom. The molecule has 164 valence electrons. The molecule has 1 aliphatic carbocycles. The zero-order valence-corrected chi connectivity index (χ0v) is 16.6. The van der Waals surface area contributed by atoms with Crippen LogP contribution < -0.4 is 0 Å². The van der Waals surface area contributed by atoms with E-state index in [0.717, 1.165) is 0 Å². The number of ketones is 1. The van der Waals surface area contributed by atoms with E-state index in [-0.39, 0.29) is 6.42 Å². The number of carbonyl (C=O) groups excluding carboxylic acids is 1. The number of rotatable bonds is 6. The lowest BCUT2D eigenvalue weighted by molar-refractivity contribution is -0.330. The predicted molar refractivity (Wildman–Crippen MR) is 99.4 cm³/mol. The zero-order chi connectivity index (χ0) is 21.6. The van der Waals surface area contributed by atoms with E-state index >= 15 is 0 Å². The van der Waals surface area contributed by atoms with E-state index in [1.165, 1.54) is 6.08 Å². The van der Waals surface area contributed by atoms with Gasteiger partial charge < -0.3 is 39.7 Å². The van der Waals surface area contributed by atoms with Crippen molar-refractivity contribution in [2.75, 3.05) is 6.61 Å². The van der Waals surface area contributed by atoms with Crippen molar-refractivity contribution >= 4 is 5.78 Å². The third-order valence-electron chi connectivity index (χ3n) is 6.13. The van der Waals surface area contributed by atoms with Crippen molar-refractivity contribution in [1.29, 1.82) is 0 Å². The zero-order valence-electron chi connectivity index (χ0n) is 16.6. The molecule has 0 saturated carbocycles. The molecule has 2 saturated heterocycles. The van der Waals surface area contributed by atoms with Crippen LogP contribution in [0.4, 0.5) is 0 Å². The lowest BCUT2D eigenvalue weighted by Crippen LogP contribution is -2.61. The van der Waals surface area contributed by atoms with Gasteiger partial charge in [0.2, 0.25) is 0 Å². The summed E-state index contributed by atoms with van der Waals surface area (Å²) in [5, 5.41) is 49.6. The molecule has 0 bridgehead atoms. The summed E-state index contributed by atoms with van der Waals surface area (Å²) in [6, 6.07) is 0. The van der Waals surface area contributed by atoms with Gasteiger partial charge in [0.1, 0.15) is 48.0 Å². The minimum absolute atomic E-state index is 0.219. The second kappa shape index (κ2) is 8.07. The lowest BCUT2D eigenvalue weighted by atomic mass is 9.70. The number of hydrogen-bond acceptors (Lipinski definition) is 9. The van der Waals surface area contributed by atoms with Crippen LogP contribution in [-0.2, 0) is 19.0 Å². The first kappa shape index (κ1) is 22.4. The Bertz CT molecular complexity index is 673. The Hall–Kier alpha value is -1.33. The first-order valence-electron chi connectivity index (χ1n) is 9.74. The Morgan fingerprint density at radius 3 is 2.55 bits per heavy atom. The monoisotopic (exact) mass is 414 g/mol. The summed E-state index contributed by atoms with van der Waals surface area (Å²) in [6.07, 6.45) is -4.36. The molecule has 5 N–H and O–H groups in total. The van der Waals surface area contributed by atoms with Crippen molar-refractivity contribution < 1.29 is 44.5 Å². The van der Waals surface area contributed by atoms with Crippen LogP contribution >= 0.6 is 0 Å². The van der Waals surface area contributed by atoms with E-state index < -0.39 is 66.3 Å². The third kappa shape index (κ3) is 4.00. The molecule has 2 aliphatic heterocycles. The minimum atomic E-state index is -1.55.